The van der Waals surface area contributed by atoms with Gasteiger partial charge in [-0.3, -0.25) is 0 Å². The minimum atomic E-state index is 0.0563. The van der Waals surface area contributed by atoms with Crippen LogP contribution in [0.1, 0.15) is 40.0 Å². The highest BCUT2D eigenvalue weighted by atomic mass is 16.5. The summed E-state index contributed by atoms with van der Waals surface area (Å²) in [5.41, 5.74) is 5.56. The Morgan fingerprint density at radius 1 is 1.12 bits per heavy atom. The van der Waals surface area contributed by atoms with Crippen molar-refractivity contribution in [3.63, 3.8) is 0 Å². The van der Waals surface area contributed by atoms with Crippen molar-refractivity contribution >= 4 is 5.95 Å². The van der Waals surface area contributed by atoms with Crippen molar-refractivity contribution in [1.82, 2.24) is 15.0 Å². The number of nitrogens with two attached hydrogens (primary N) is 1. The molecule has 0 aliphatic carbocycles. The molecule has 0 radical (unpaired) electrons. The summed E-state index contributed by atoms with van der Waals surface area (Å²) < 4.78 is 10.8. The van der Waals surface area contributed by atoms with Crippen molar-refractivity contribution in [3.8, 4) is 12.0 Å². The number of ether oxygens (including phenoxy) is 2. The minimum Gasteiger partial charge on any atom is -0.463 e. The number of aromatic nitrogens is 3. The van der Waals surface area contributed by atoms with Crippen molar-refractivity contribution in [2.24, 2.45) is 0 Å². The van der Waals surface area contributed by atoms with E-state index in [4.69, 9.17) is 15.2 Å². The summed E-state index contributed by atoms with van der Waals surface area (Å²) in [7, 11) is 0. The van der Waals surface area contributed by atoms with Crippen LogP contribution >= 0.6 is 0 Å². The molecular weight excluding hydrogens is 220 g/mol. The van der Waals surface area contributed by atoms with Gasteiger partial charge in [-0.25, -0.2) is 0 Å². The standard InChI is InChI=1S/C11H20N4O2/c1-4-6-8(3)17-11-14-9(12)13-10(15-11)16-7-5-2/h8H,4-7H2,1-3H3,(H2,12,13,14,15). The maximum Gasteiger partial charge on any atom is 0.324 e. The maximum atomic E-state index is 5.56. The molecule has 1 aromatic heterocycles. The number of hydrogen-bond donors (Lipinski definition) is 1. The van der Waals surface area contributed by atoms with E-state index in [1.165, 1.54) is 0 Å². The Kier molecular flexibility index (Phi) is 5.45. The lowest BCUT2D eigenvalue weighted by Crippen LogP contribution is -2.15. The summed E-state index contributed by atoms with van der Waals surface area (Å²) in [6.45, 7) is 6.62. The van der Waals surface area contributed by atoms with E-state index in [1.807, 2.05) is 13.8 Å². The molecule has 2 N–H and O–H groups in total. The monoisotopic (exact) mass is 240 g/mol. The summed E-state index contributed by atoms with van der Waals surface area (Å²) in [6.07, 6.45) is 2.92. The van der Waals surface area contributed by atoms with Gasteiger partial charge in [-0.05, 0) is 19.8 Å². The van der Waals surface area contributed by atoms with Gasteiger partial charge in [0, 0.05) is 0 Å². The number of nitrogens with zero attached hydrogens (tertiary/aromatic N) is 3. The summed E-state index contributed by atoms with van der Waals surface area (Å²) in [4.78, 5) is 11.8. The Morgan fingerprint density at radius 2 is 1.82 bits per heavy atom. The van der Waals surface area contributed by atoms with E-state index >= 15 is 0 Å². The third-order valence-corrected chi connectivity index (χ3v) is 2.05. The predicted octanol–water partition coefficient (Wildman–Crippen LogP) is 1.81. The fraction of sp³-hybridized carbons (Fsp3) is 0.727. The van der Waals surface area contributed by atoms with Crippen LogP contribution in [-0.2, 0) is 0 Å². The molecule has 1 atom stereocenters. The summed E-state index contributed by atoms with van der Waals surface area (Å²) >= 11 is 0. The normalized spacial score (nSPS) is 12.2. The van der Waals surface area contributed by atoms with Gasteiger partial charge in [0.25, 0.3) is 0 Å². The lowest BCUT2D eigenvalue weighted by atomic mass is 10.2. The first-order valence-corrected chi connectivity index (χ1v) is 5.96. The number of rotatable bonds is 7. The van der Waals surface area contributed by atoms with Crippen LogP contribution in [0.5, 0.6) is 12.0 Å². The molecule has 1 rings (SSSR count). The largest absolute Gasteiger partial charge is 0.463 e. The molecule has 1 unspecified atom stereocenters. The van der Waals surface area contributed by atoms with E-state index in [9.17, 15) is 0 Å². The zero-order valence-corrected chi connectivity index (χ0v) is 10.6. The van der Waals surface area contributed by atoms with Gasteiger partial charge in [-0.1, -0.05) is 20.3 Å². The molecule has 6 nitrogen and oxygen atoms in total. The first kappa shape index (κ1) is 13.5. The van der Waals surface area contributed by atoms with E-state index < -0.39 is 0 Å². The van der Waals surface area contributed by atoms with Crippen LogP contribution in [0.3, 0.4) is 0 Å². The third-order valence-electron chi connectivity index (χ3n) is 2.05. The zero-order chi connectivity index (χ0) is 12.7. The Balaban J connectivity index is 2.67. The molecule has 1 aromatic rings. The van der Waals surface area contributed by atoms with Gasteiger partial charge in [-0.2, -0.15) is 9.97 Å². The minimum absolute atomic E-state index is 0.0563. The van der Waals surface area contributed by atoms with Crippen LogP contribution in [0.25, 0.3) is 0 Å². The molecule has 0 bridgehead atoms. The topological polar surface area (TPSA) is 83.2 Å². The molecule has 0 amide bonds. The maximum absolute atomic E-state index is 5.56. The molecule has 6 heteroatoms. The number of anilines is 1. The molecule has 0 saturated heterocycles. The van der Waals surface area contributed by atoms with Gasteiger partial charge in [0.2, 0.25) is 5.95 Å². The van der Waals surface area contributed by atoms with Crippen molar-refractivity contribution in [2.45, 2.75) is 46.1 Å². The molecular formula is C11H20N4O2. The van der Waals surface area contributed by atoms with Crippen LogP contribution in [0.15, 0.2) is 0 Å². The van der Waals surface area contributed by atoms with Gasteiger partial charge in [0.1, 0.15) is 0 Å². The molecule has 17 heavy (non-hydrogen) atoms. The van der Waals surface area contributed by atoms with Crippen molar-refractivity contribution in [3.05, 3.63) is 0 Å². The van der Waals surface area contributed by atoms with E-state index in [0.29, 0.717) is 6.61 Å². The van der Waals surface area contributed by atoms with Gasteiger partial charge in [-0.15, -0.1) is 4.98 Å². The highest BCUT2D eigenvalue weighted by Gasteiger charge is 2.09. The molecule has 0 spiro atoms. The molecule has 1 heterocycles. The Bertz CT molecular complexity index is 346. The van der Waals surface area contributed by atoms with E-state index in [0.717, 1.165) is 19.3 Å². The predicted molar refractivity (Wildman–Crippen MR) is 65.0 cm³/mol. The second-order valence-electron chi connectivity index (χ2n) is 3.82. The highest BCUT2D eigenvalue weighted by molar-refractivity contribution is 5.20. The number of nitrogen functional groups attached to an aromatic ring is 1. The second kappa shape index (κ2) is 6.88. The average molecular weight is 240 g/mol. The molecule has 0 fully saturated rings. The first-order valence-electron chi connectivity index (χ1n) is 5.96. The molecule has 0 saturated carbocycles. The Labute approximate surface area is 102 Å². The molecule has 0 aromatic carbocycles. The van der Waals surface area contributed by atoms with E-state index in [2.05, 4.69) is 21.9 Å². The van der Waals surface area contributed by atoms with E-state index in [1.54, 1.807) is 0 Å². The van der Waals surface area contributed by atoms with E-state index in [-0.39, 0.29) is 24.1 Å². The quantitative estimate of drug-likeness (QED) is 0.782. The van der Waals surface area contributed by atoms with Crippen LogP contribution in [0.2, 0.25) is 0 Å². The molecule has 0 aliphatic heterocycles. The Hall–Kier alpha value is -1.59. The smallest absolute Gasteiger partial charge is 0.324 e. The van der Waals surface area contributed by atoms with Crippen LogP contribution < -0.4 is 15.2 Å². The first-order chi connectivity index (χ1) is 8.15. The van der Waals surface area contributed by atoms with Crippen LogP contribution in [0, 0.1) is 0 Å². The fourth-order valence-corrected chi connectivity index (χ4v) is 1.31. The summed E-state index contributed by atoms with van der Waals surface area (Å²) in [5, 5.41) is 0. The third kappa shape index (κ3) is 4.84. The lowest BCUT2D eigenvalue weighted by molar-refractivity contribution is 0.187. The van der Waals surface area contributed by atoms with Crippen LogP contribution in [-0.4, -0.2) is 27.7 Å². The summed E-state index contributed by atoms with van der Waals surface area (Å²) in [5.74, 6) is 0.116. The SMILES string of the molecule is CCCOc1nc(N)nc(OC(C)CCC)n1. The van der Waals surface area contributed by atoms with Gasteiger partial charge in [0.05, 0.1) is 12.7 Å². The highest BCUT2D eigenvalue weighted by Crippen LogP contribution is 2.13. The second-order valence-corrected chi connectivity index (χ2v) is 3.82. The van der Waals surface area contributed by atoms with Crippen molar-refractivity contribution in [2.75, 3.05) is 12.3 Å². The van der Waals surface area contributed by atoms with Crippen molar-refractivity contribution < 1.29 is 9.47 Å². The molecule has 0 aliphatic rings. The van der Waals surface area contributed by atoms with Crippen molar-refractivity contribution in [1.29, 1.82) is 0 Å². The van der Waals surface area contributed by atoms with Gasteiger partial charge >= 0.3 is 12.0 Å². The fourth-order valence-electron chi connectivity index (χ4n) is 1.31. The Morgan fingerprint density at radius 3 is 2.47 bits per heavy atom. The van der Waals surface area contributed by atoms with Gasteiger partial charge in [0.15, 0.2) is 0 Å². The summed E-state index contributed by atoms with van der Waals surface area (Å²) in [6, 6.07) is 0.447. The lowest BCUT2D eigenvalue weighted by Gasteiger charge is -2.12. The van der Waals surface area contributed by atoms with Crippen LogP contribution in [0.4, 0.5) is 5.95 Å². The zero-order valence-electron chi connectivity index (χ0n) is 10.6. The molecule has 96 valence electrons. The van der Waals surface area contributed by atoms with Gasteiger partial charge < -0.3 is 15.2 Å². The average Bonchev–Trinajstić information content (AvgIpc) is 2.25. The number of hydrogen-bond acceptors (Lipinski definition) is 6.